The molecule has 1 saturated heterocycles. The van der Waals surface area contributed by atoms with E-state index in [4.69, 9.17) is 0 Å². The molecule has 154 valence electrons. The first kappa shape index (κ1) is 19.7. The Morgan fingerprint density at radius 2 is 1.82 bits per heavy atom. The summed E-state index contributed by atoms with van der Waals surface area (Å²) >= 11 is 0. The van der Waals surface area contributed by atoms with Crippen LogP contribution in [0.25, 0.3) is 0 Å². The van der Waals surface area contributed by atoms with E-state index in [1.54, 1.807) is 0 Å². The Hall–Kier alpha value is -1.59. The molecule has 4 rings (SSSR count). The molecule has 2 aliphatic heterocycles. The zero-order chi connectivity index (χ0) is 19.5. The Kier molecular flexibility index (Phi) is 6.22. The molecule has 0 aromatic heterocycles. The van der Waals surface area contributed by atoms with E-state index in [-0.39, 0.29) is 17.9 Å². The van der Waals surface area contributed by atoms with Gasteiger partial charge in [0.1, 0.15) is 0 Å². The van der Waals surface area contributed by atoms with Gasteiger partial charge in [0, 0.05) is 57.9 Å². The molecule has 0 bridgehead atoms. The third-order valence-electron chi connectivity index (χ3n) is 7.04. The lowest BCUT2D eigenvalue weighted by Crippen LogP contribution is -2.49. The summed E-state index contributed by atoms with van der Waals surface area (Å²) in [6.07, 6.45) is 6.96. The summed E-state index contributed by atoms with van der Waals surface area (Å²) in [6.45, 7) is 6.17. The quantitative estimate of drug-likeness (QED) is 0.847. The Bertz CT molecular complexity index is 677. The number of hydrogen-bond donors (Lipinski definition) is 1. The van der Waals surface area contributed by atoms with Crippen LogP contribution in [0.3, 0.4) is 0 Å². The van der Waals surface area contributed by atoms with Crippen LogP contribution in [-0.4, -0.2) is 69.1 Å². The van der Waals surface area contributed by atoms with Crippen molar-refractivity contribution in [1.29, 1.82) is 0 Å². The standard InChI is InChI=1S/C23H36N4O/c1-25-12-14-27(15-13-25)22(17-24-23(28)18-6-4-3-5-7-18)19-8-9-21-20(16-19)10-11-26(21)2/h8-9,16,18,22H,3-7,10-15,17H2,1-2H3,(H,24,28)/t22-/m1/s1. The van der Waals surface area contributed by atoms with Crippen molar-refractivity contribution in [3.05, 3.63) is 29.3 Å². The first-order valence-electron chi connectivity index (χ1n) is 11.2. The minimum absolute atomic E-state index is 0.232. The van der Waals surface area contributed by atoms with E-state index in [0.717, 1.165) is 58.5 Å². The molecule has 1 aromatic carbocycles. The van der Waals surface area contributed by atoms with Crippen LogP contribution in [-0.2, 0) is 11.2 Å². The van der Waals surface area contributed by atoms with Gasteiger partial charge in [-0.25, -0.2) is 0 Å². The van der Waals surface area contributed by atoms with Crippen molar-refractivity contribution in [1.82, 2.24) is 15.1 Å². The molecule has 28 heavy (non-hydrogen) atoms. The van der Waals surface area contributed by atoms with Crippen LogP contribution in [0.5, 0.6) is 0 Å². The van der Waals surface area contributed by atoms with E-state index in [2.05, 4.69) is 52.3 Å². The van der Waals surface area contributed by atoms with Crippen molar-refractivity contribution in [2.24, 2.45) is 5.92 Å². The maximum absolute atomic E-state index is 12.8. The molecule has 5 heteroatoms. The molecule has 1 saturated carbocycles. The monoisotopic (exact) mass is 384 g/mol. The molecule has 1 atom stereocenters. The van der Waals surface area contributed by atoms with Gasteiger partial charge in [0.05, 0.1) is 6.04 Å². The van der Waals surface area contributed by atoms with Gasteiger partial charge in [0.15, 0.2) is 0 Å². The van der Waals surface area contributed by atoms with Crippen molar-refractivity contribution in [3.8, 4) is 0 Å². The Morgan fingerprint density at radius 3 is 2.57 bits per heavy atom. The fourth-order valence-corrected chi connectivity index (χ4v) is 5.09. The second-order valence-electron chi connectivity index (χ2n) is 8.99. The smallest absolute Gasteiger partial charge is 0.223 e. The van der Waals surface area contributed by atoms with Gasteiger partial charge < -0.3 is 15.1 Å². The highest BCUT2D eigenvalue weighted by Crippen LogP contribution is 2.31. The molecule has 0 radical (unpaired) electrons. The van der Waals surface area contributed by atoms with Gasteiger partial charge in [-0.1, -0.05) is 31.4 Å². The number of rotatable bonds is 5. The lowest BCUT2D eigenvalue weighted by molar-refractivity contribution is -0.126. The van der Waals surface area contributed by atoms with Gasteiger partial charge in [-0.3, -0.25) is 9.69 Å². The number of nitrogens with one attached hydrogen (secondary N) is 1. The predicted molar refractivity (Wildman–Crippen MR) is 115 cm³/mol. The van der Waals surface area contributed by atoms with Crippen molar-refractivity contribution in [3.63, 3.8) is 0 Å². The minimum Gasteiger partial charge on any atom is -0.374 e. The van der Waals surface area contributed by atoms with E-state index in [9.17, 15) is 4.79 Å². The molecule has 1 aromatic rings. The normalized spacial score (nSPS) is 22.9. The van der Waals surface area contributed by atoms with Gasteiger partial charge >= 0.3 is 0 Å². The van der Waals surface area contributed by atoms with Crippen LogP contribution in [0, 0.1) is 5.92 Å². The summed E-state index contributed by atoms with van der Waals surface area (Å²) in [5.74, 6) is 0.510. The Balaban J connectivity index is 1.48. The molecule has 0 spiro atoms. The first-order valence-corrected chi connectivity index (χ1v) is 11.2. The minimum atomic E-state index is 0.232. The number of hydrogen-bond acceptors (Lipinski definition) is 4. The van der Waals surface area contributed by atoms with E-state index >= 15 is 0 Å². The van der Waals surface area contributed by atoms with Gasteiger partial charge in [-0.2, -0.15) is 0 Å². The van der Waals surface area contributed by atoms with Crippen molar-refractivity contribution in [2.45, 2.75) is 44.6 Å². The highest BCUT2D eigenvalue weighted by molar-refractivity contribution is 5.78. The average Bonchev–Trinajstić information content (AvgIpc) is 3.10. The second kappa shape index (κ2) is 8.83. The second-order valence-corrected chi connectivity index (χ2v) is 8.99. The Labute approximate surface area is 170 Å². The Morgan fingerprint density at radius 1 is 1.07 bits per heavy atom. The molecule has 1 N–H and O–H groups in total. The average molecular weight is 385 g/mol. The third-order valence-corrected chi connectivity index (χ3v) is 7.04. The van der Waals surface area contributed by atoms with E-state index in [1.165, 1.54) is 36.1 Å². The lowest BCUT2D eigenvalue weighted by Gasteiger charge is -2.38. The summed E-state index contributed by atoms with van der Waals surface area (Å²) in [5, 5.41) is 3.33. The van der Waals surface area contributed by atoms with E-state index < -0.39 is 0 Å². The number of amides is 1. The fraction of sp³-hybridized carbons (Fsp3) is 0.696. The molecule has 3 aliphatic rings. The highest BCUT2D eigenvalue weighted by Gasteiger charge is 2.28. The van der Waals surface area contributed by atoms with E-state index in [1.807, 2.05) is 0 Å². The third kappa shape index (κ3) is 4.36. The van der Waals surface area contributed by atoms with Crippen LogP contribution in [0.15, 0.2) is 18.2 Å². The maximum atomic E-state index is 12.8. The molecule has 2 fully saturated rings. The maximum Gasteiger partial charge on any atom is 0.223 e. The number of carbonyl (C=O) groups is 1. The van der Waals surface area contributed by atoms with E-state index in [0.29, 0.717) is 0 Å². The van der Waals surface area contributed by atoms with Gasteiger partial charge in [-0.15, -0.1) is 0 Å². The summed E-state index contributed by atoms with van der Waals surface area (Å²) in [5.41, 5.74) is 4.19. The molecule has 5 nitrogen and oxygen atoms in total. The van der Waals surface area contributed by atoms with Crippen molar-refractivity contribution >= 4 is 11.6 Å². The molecule has 2 heterocycles. The molecular formula is C23H36N4O. The number of benzene rings is 1. The number of nitrogens with zero attached hydrogens (tertiary/aromatic N) is 3. The largest absolute Gasteiger partial charge is 0.374 e. The van der Waals surface area contributed by atoms with Crippen LogP contribution in [0.1, 0.15) is 49.3 Å². The van der Waals surface area contributed by atoms with Crippen LogP contribution in [0.2, 0.25) is 0 Å². The van der Waals surface area contributed by atoms with Gasteiger partial charge in [0.25, 0.3) is 0 Å². The molecular weight excluding hydrogens is 348 g/mol. The summed E-state index contributed by atoms with van der Waals surface area (Å²) in [4.78, 5) is 20.1. The molecule has 1 aliphatic carbocycles. The zero-order valence-corrected chi connectivity index (χ0v) is 17.6. The number of piperazine rings is 1. The van der Waals surface area contributed by atoms with Crippen molar-refractivity contribution < 1.29 is 4.79 Å². The zero-order valence-electron chi connectivity index (χ0n) is 17.6. The topological polar surface area (TPSA) is 38.8 Å². The van der Waals surface area contributed by atoms with Crippen molar-refractivity contribution in [2.75, 3.05) is 58.3 Å². The predicted octanol–water partition coefficient (Wildman–Crippen LogP) is 2.66. The lowest BCUT2D eigenvalue weighted by atomic mass is 9.88. The van der Waals surface area contributed by atoms with Crippen LogP contribution in [0.4, 0.5) is 5.69 Å². The first-order chi connectivity index (χ1) is 13.6. The number of likely N-dealkylation sites (N-methyl/N-ethyl adjacent to an activating group) is 2. The van der Waals surface area contributed by atoms with Crippen LogP contribution >= 0.6 is 0 Å². The number of anilines is 1. The van der Waals surface area contributed by atoms with Crippen LogP contribution < -0.4 is 10.2 Å². The SMILES string of the molecule is CN1CCN([C@H](CNC(=O)C2CCCCC2)c2ccc3c(c2)CCN3C)CC1. The van der Waals surface area contributed by atoms with Gasteiger partial charge in [-0.05, 0) is 43.5 Å². The summed E-state index contributed by atoms with van der Waals surface area (Å²) < 4.78 is 0. The summed E-state index contributed by atoms with van der Waals surface area (Å²) in [7, 11) is 4.37. The number of carbonyl (C=O) groups excluding carboxylic acids is 1. The molecule has 1 amide bonds. The highest BCUT2D eigenvalue weighted by atomic mass is 16.1. The fourth-order valence-electron chi connectivity index (χ4n) is 5.09. The number of fused-ring (bicyclic) bond motifs is 1. The summed E-state index contributed by atoms with van der Waals surface area (Å²) in [6, 6.07) is 7.24. The van der Waals surface area contributed by atoms with Gasteiger partial charge in [0.2, 0.25) is 5.91 Å². The molecule has 0 unspecified atom stereocenters.